The molecular formula is C17H25N5. The summed E-state index contributed by atoms with van der Waals surface area (Å²) < 4.78 is 0. The Labute approximate surface area is 131 Å². The second-order valence-corrected chi connectivity index (χ2v) is 6.66. The Kier molecular flexibility index (Phi) is 3.64. The Morgan fingerprint density at radius 3 is 2.23 bits per heavy atom. The van der Waals surface area contributed by atoms with Gasteiger partial charge in [0.2, 0.25) is 5.95 Å². The molecule has 0 aromatic carbocycles. The molecule has 1 N–H and O–H groups in total. The number of fused-ring (bicyclic) bond motifs is 1. The van der Waals surface area contributed by atoms with Gasteiger partial charge in [0.1, 0.15) is 11.5 Å². The number of aromatic nitrogens is 3. The van der Waals surface area contributed by atoms with Crippen molar-refractivity contribution >= 4 is 22.8 Å². The number of nitrogens with zero attached hydrogens (tertiary/aromatic N) is 4. The Hall–Kier alpha value is -1.78. The van der Waals surface area contributed by atoms with Crippen molar-refractivity contribution in [2.75, 3.05) is 36.0 Å². The van der Waals surface area contributed by atoms with E-state index in [9.17, 15) is 0 Å². The van der Waals surface area contributed by atoms with E-state index >= 15 is 0 Å². The highest BCUT2D eigenvalue weighted by Gasteiger charge is 2.21. The van der Waals surface area contributed by atoms with Gasteiger partial charge in [0.25, 0.3) is 0 Å². The van der Waals surface area contributed by atoms with Gasteiger partial charge in [-0.05, 0) is 38.7 Å². The Balaban J connectivity index is 1.79. The van der Waals surface area contributed by atoms with Crippen molar-refractivity contribution < 1.29 is 0 Å². The first-order valence-electron chi connectivity index (χ1n) is 8.68. The first-order chi connectivity index (χ1) is 10.8. The maximum Gasteiger partial charge on any atom is 0.229 e. The Morgan fingerprint density at radius 2 is 1.50 bits per heavy atom. The van der Waals surface area contributed by atoms with Crippen LogP contribution in [-0.4, -0.2) is 41.1 Å². The van der Waals surface area contributed by atoms with E-state index in [1.807, 2.05) is 0 Å². The number of rotatable bonds is 2. The van der Waals surface area contributed by atoms with Crippen LogP contribution >= 0.6 is 0 Å². The van der Waals surface area contributed by atoms with E-state index in [1.165, 1.54) is 49.6 Å². The molecular weight excluding hydrogens is 274 g/mol. The van der Waals surface area contributed by atoms with Gasteiger partial charge in [-0.3, -0.25) is 0 Å². The van der Waals surface area contributed by atoms with Crippen molar-refractivity contribution in [2.45, 2.75) is 45.4 Å². The lowest BCUT2D eigenvalue weighted by Crippen LogP contribution is -2.27. The first kappa shape index (κ1) is 13.9. The summed E-state index contributed by atoms with van der Waals surface area (Å²) in [6, 6.07) is 2.20. The van der Waals surface area contributed by atoms with Crippen molar-refractivity contribution in [3.05, 3.63) is 11.8 Å². The number of aryl methyl sites for hydroxylation is 1. The van der Waals surface area contributed by atoms with Crippen LogP contribution in [-0.2, 0) is 0 Å². The standard InChI is InChI=1S/C17H25N5/c1-13-12-14-15(18-13)19-17(22-10-6-7-11-22)20-16(14)21-8-4-2-3-5-9-21/h12H,2-11H2,1H3,(H,18,19,20). The van der Waals surface area contributed by atoms with Gasteiger partial charge in [-0.15, -0.1) is 0 Å². The van der Waals surface area contributed by atoms with E-state index in [0.29, 0.717) is 0 Å². The second kappa shape index (κ2) is 5.78. The summed E-state index contributed by atoms with van der Waals surface area (Å²) in [5.41, 5.74) is 2.16. The van der Waals surface area contributed by atoms with Crippen LogP contribution in [0.1, 0.15) is 44.2 Å². The van der Waals surface area contributed by atoms with Crippen molar-refractivity contribution in [3.8, 4) is 0 Å². The quantitative estimate of drug-likeness (QED) is 0.925. The molecule has 22 heavy (non-hydrogen) atoms. The lowest BCUT2D eigenvalue weighted by Gasteiger charge is -2.24. The summed E-state index contributed by atoms with van der Waals surface area (Å²) in [5, 5.41) is 1.18. The maximum absolute atomic E-state index is 4.98. The minimum absolute atomic E-state index is 0.908. The van der Waals surface area contributed by atoms with Crippen LogP contribution in [0, 0.1) is 6.92 Å². The number of anilines is 2. The highest BCUT2D eigenvalue weighted by atomic mass is 15.3. The first-order valence-corrected chi connectivity index (χ1v) is 8.68. The van der Waals surface area contributed by atoms with E-state index in [-0.39, 0.29) is 0 Å². The van der Waals surface area contributed by atoms with Crippen molar-refractivity contribution in [2.24, 2.45) is 0 Å². The molecule has 2 fully saturated rings. The van der Waals surface area contributed by atoms with Crippen molar-refractivity contribution in [1.29, 1.82) is 0 Å². The lowest BCUT2D eigenvalue weighted by molar-refractivity contribution is 0.726. The fraction of sp³-hybridized carbons (Fsp3) is 0.647. The molecule has 118 valence electrons. The monoisotopic (exact) mass is 299 g/mol. The minimum Gasteiger partial charge on any atom is -0.356 e. The van der Waals surface area contributed by atoms with Crippen molar-refractivity contribution in [1.82, 2.24) is 15.0 Å². The van der Waals surface area contributed by atoms with E-state index < -0.39 is 0 Å². The molecule has 0 spiro atoms. The Bertz CT molecular complexity index is 648. The van der Waals surface area contributed by atoms with E-state index in [2.05, 4.69) is 27.8 Å². The zero-order valence-corrected chi connectivity index (χ0v) is 13.4. The molecule has 4 rings (SSSR count). The fourth-order valence-electron chi connectivity index (χ4n) is 3.70. The zero-order valence-electron chi connectivity index (χ0n) is 13.4. The van der Waals surface area contributed by atoms with Crippen LogP contribution in [0.4, 0.5) is 11.8 Å². The van der Waals surface area contributed by atoms with Gasteiger partial charge in [0.15, 0.2) is 0 Å². The molecule has 2 aromatic rings. The third-order valence-corrected chi connectivity index (χ3v) is 4.88. The molecule has 2 saturated heterocycles. The molecule has 0 aliphatic carbocycles. The molecule has 0 atom stereocenters. The van der Waals surface area contributed by atoms with Gasteiger partial charge in [-0.25, -0.2) is 0 Å². The van der Waals surface area contributed by atoms with Crippen LogP contribution < -0.4 is 9.80 Å². The number of nitrogens with one attached hydrogen (secondary N) is 1. The van der Waals surface area contributed by atoms with Gasteiger partial charge < -0.3 is 14.8 Å². The molecule has 0 saturated carbocycles. The second-order valence-electron chi connectivity index (χ2n) is 6.66. The van der Waals surface area contributed by atoms with Gasteiger partial charge in [0, 0.05) is 31.9 Å². The summed E-state index contributed by atoms with van der Waals surface area (Å²) in [6.45, 7) is 6.52. The molecule has 2 aliphatic rings. The average Bonchev–Trinajstić information content (AvgIpc) is 3.08. The van der Waals surface area contributed by atoms with Crippen molar-refractivity contribution in [3.63, 3.8) is 0 Å². The molecule has 0 radical (unpaired) electrons. The summed E-state index contributed by atoms with van der Waals surface area (Å²) in [5.74, 6) is 2.05. The molecule has 5 nitrogen and oxygen atoms in total. The average molecular weight is 299 g/mol. The van der Waals surface area contributed by atoms with Crippen LogP contribution in [0.2, 0.25) is 0 Å². The van der Waals surface area contributed by atoms with Gasteiger partial charge >= 0.3 is 0 Å². The number of H-pyrrole nitrogens is 1. The number of aromatic amines is 1. The van der Waals surface area contributed by atoms with E-state index in [1.54, 1.807) is 0 Å². The normalized spacial score (nSPS) is 19.9. The fourth-order valence-corrected chi connectivity index (χ4v) is 3.70. The summed E-state index contributed by atoms with van der Waals surface area (Å²) in [6.07, 6.45) is 7.74. The van der Waals surface area contributed by atoms with E-state index in [4.69, 9.17) is 9.97 Å². The molecule has 2 aliphatic heterocycles. The molecule has 0 bridgehead atoms. The molecule has 4 heterocycles. The van der Waals surface area contributed by atoms with Crippen LogP contribution in [0.25, 0.3) is 11.0 Å². The van der Waals surface area contributed by atoms with Gasteiger partial charge in [-0.1, -0.05) is 12.8 Å². The van der Waals surface area contributed by atoms with Crippen LogP contribution in [0.15, 0.2) is 6.07 Å². The molecule has 2 aromatic heterocycles. The minimum atomic E-state index is 0.908. The highest BCUT2D eigenvalue weighted by Crippen LogP contribution is 2.30. The predicted octanol–water partition coefficient (Wildman–Crippen LogP) is 3.25. The zero-order chi connectivity index (χ0) is 14.9. The molecule has 5 heteroatoms. The molecule has 0 amide bonds. The largest absolute Gasteiger partial charge is 0.356 e. The molecule has 0 unspecified atom stereocenters. The topological polar surface area (TPSA) is 48.1 Å². The maximum atomic E-state index is 4.98. The Morgan fingerprint density at radius 1 is 0.864 bits per heavy atom. The summed E-state index contributed by atoms with van der Waals surface area (Å²) >= 11 is 0. The number of hydrogen-bond donors (Lipinski definition) is 1. The SMILES string of the molecule is Cc1cc2c(N3CCCCCC3)nc(N3CCCC3)nc2[nH]1. The lowest BCUT2D eigenvalue weighted by atomic mass is 10.2. The third kappa shape index (κ3) is 2.53. The van der Waals surface area contributed by atoms with Crippen LogP contribution in [0.5, 0.6) is 0 Å². The third-order valence-electron chi connectivity index (χ3n) is 4.88. The summed E-state index contributed by atoms with van der Waals surface area (Å²) in [7, 11) is 0. The smallest absolute Gasteiger partial charge is 0.229 e. The predicted molar refractivity (Wildman–Crippen MR) is 90.8 cm³/mol. The van der Waals surface area contributed by atoms with Gasteiger partial charge in [-0.2, -0.15) is 9.97 Å². The van der Waals surface area contributed by atoms with Crippen LogP contribution in [0.3, 0.4) is 0 Å². The van der Waals surface area contributed by atoms with E-state index in [0.717, 1.165) is 43.6 Å². The summed E-state index contributed by atoms with van der Waals surface area (Å²) in [4.78, 5) is 18.0. The highest BCUT2D eigenvalue weighted by molar-refractivity contribution is 5.89. The van der Waals surface area contributed by atoms with Gasteiger partial charge in [0.05, 0.1) is 5.39 Å². The number of hydrogen-bond acceptors (Lipinski definition) is 4.